The molecule has 3 rings (SSSR count). The van der Waals surface area contributed by atoms with E-state index in [4.69, 9.17) is 14.7 Å². The van der Waals surface area contributed by atoms with Gasteiger partial charge in [0.25, 0.3) is 0 Å². The summed E-state index contributed by atoms with van der Waals surface area (Å²) in [6, 6.07) is 13.9. The highest BCUT2D eigenvalue weighted by molar-refractivity contribution is 5.90. The van der Waals surface area contributed by atoms with E-state index >= 15 is 0 Å². The third kappa shape index (κ3) is 9.47. The Balaban J connectivity index is 2.06. The normalized spacial score (nSPS) is 12.2. The molecule has 226 valence electrons. The van der Waals surface area contributed by atoms with Gasteiger partial charge < -0.3 is 14.9 Å². The number of hydrogen-bond acceptors (Lipinski definition) is 5. The Labute approximate surface area is 253 Å². The van der Waals surface area contributed by atoms with Gasteiger partial charge in [-0.25, -0.2) is 0 Å². The Kier molecular flexibility index (Phi) is 11.8. The molecule has 2 N–H and O–H groups in total. The molecule has 0 spiro atoms. The Morgan fingerprint density at radius 3 is 1.43 bits per heavy atom. The highest BCUT2D eigenvalue weighted by atomic mass is 16.5. The van der Waals surface area contributed by atoms with Crippen LogP contribution < -0.4 is 4.74 Å². The van der Waals surface area contributed by atoms with Gasteiger partial charge in [0.2, 0.25) is 0 Å². The van der Waals surface area contributed by atoms with E-state index < -0.39 is 0 Å². The summed E-state index contributed by atoms with van der Waals surface area (Å²) in [4.78, 5) is 9.58. The molecule has 5 heteroatoms. The number of aliphatic imine (C=N–C) groups is 2. The number of methoxy groups -OCH3 is 1. The molecular formula is C37H50N2O3. The molecule has 0 unspecified atom stereocenters. The molecule has 0 saturated carbocycles. The lowest BCUT2D eigenvalue weighted by Gasteiger charge is -2.14. The second-order valence-corrected chi connectivity index (χ2v) is 13.1. The first kappa shape index (κ1) is 32.9. The van der Waals surface area contributed by atoms with Crippen LogP contribution in [0.5, 0.6) is 17.2 Å². The zero-order valence-corrected chi connectivity index (χ0v) is 27.0. The minimum atomic E-state index is 0.275. The van der Waals surface area contributed by atoms with Crippen molar-refractivity contribution in [2.75, 3.05) is 7.11 Å². The summed E-state index contributed by atoms with van der Waals surface area (Å²) >= 11 is 0. The van der Waals surface area contributed by atoms with Crippen molar-refractivity contribution < 1.29 is 14.9 Å². The van der Waals surface area contributed by atoms with Crippen LogP contribution in [0.25, 0.3) is 0 Å². The molecule has 3 aromatic carbocycles. The second kappa shape index (κ2) is 15.0. The van der Waals surface area contributed by atoms with E-state index in [1.807, 2.05) is 30.3 Å². The summed E-state index contributed by atoms with van der Waals surface area (Å²) in [5.41, 5.74) is 6.94. The van der Waals surface area contributed by atoms with Gasteiger partial charge in [-0.15, -0.1) is 0 Å². The maximum Gasteiger partial charge on any atom is 0.127 e. The number of aromatic hydroxyl groups is 2. The molecule has 0 aliphatic heterocycles. The van der Waals surface area contributed by atoms with E-state index in [0.29, 0.717) is 51.9 Å². The average Bonchev–Trinajstić information content (AvgIpc) is 2.89. The second-order valence-electron chi connectivity index (χ2n) is 13.1. The van der Waals surface area contributed by atoms with Crippen LogP contribution in [0, 0.1) is 23.7 Å². The monoisotopic (exact) mass is 570 g/mol. The van der Waals surface area contributed by atoms with Crippen molar-refractivity contribution in [2.45, 2.75) is 81.1 Å². The quantitative estimate of drug-likeness (QED) is 0.201. The first-order valence-electron chi connectivity index (χ1n) is 15.3. The van der Waals surface area contributed by atoms with Gasteiger partial charge in [-0.2, -0.15) is 0 Å². The number of benzene rings is 3. The summed E-state index contributed by atoms with van der Waals surface area (Å²) in [7, 11) is 1.62. The third-order valence-electron chi connectivity index (χ3n) is 6.97. The summed E-state index contributed by atoms with van der Waals surface area (Å²) in [5.74, 6) is 3.08. The van der Waals surface area contributed by atoms with Crippen molar-refractivity contribution in [1.82, 2.24) is 0 Å². The van der Waals surface area contributed by atoms with Gasteiger partial charge in [-0.05, 0) is 95.9 Å². The predicted molar refractivity (Wildman–Crippen MR) is 178 cm³/mol. The Bertz CT molecular complexity index is 1400. The van der Waals surface area contributed by atoms with E-state index in [0.717, 1.165) is 36.8 Å². The van der Waals surface area contributed by atoms with Crippen molar-refractivity contribution in [1.29, 1.82) is 0 Å². The van der Waals surface area contributed by atoms with Crippen molar-refractivity contribution in [3.63, 3.8) is 0 Å². The molecule has 0 radical (unpaired) electrons. The summed E-state index contributed by atoms with van der Waals surface area (Å²) in [6.07, 6.45) is 6.91. The van der Waals surface area contributed by atoms with Gasteiger partial charge in [0, 0.05) is 29.6 Å². The smallest absolute Gasteiger partial charge is 0.127 e. The van der Waals surface area contributed by atoms with Crippen molar-refractivity contribution >= 4 is 23.8 Å². The van der Waals surface area contributed by atoms with Crippen molar-refractivity contribution in [3.8, 4) is 17.2 Å². The number of phenolic OH excluding ortho intramolecular Hbond substituents is 2. The van der Waals surface area contributed by atoms with Crippen LogP contribution in [0.1, 0.15) is 88.8 Å². The molecule has 0 aliphatic carbocycles. The van der Waals surface area contributed by atoms with Gasteiger partial charge in [0.05, 0.1) is 18.5 Å². The predicted octanol–water partition coefficient (Wildman–Crippen LogP) is 9.40. The minimum Gasteiger partial charge on any atom is -0.507 e. The maximum absolute atomic E-state index is 11.1. The van der Waals surface area contributed by atoms with E-state index in [-0.39, 0.29) is 11.5 Å². The fraction of sp³-hybridized carbons (Fsp3) is 0.459. The van der Waals surface area contributed by atoms with Gasteiger partial charge in [0.1, 0.15) is 17.2 Å². The van der Waals surface area contributed by atoms with Crippen LogP contribution in [0.15, 0.2) is 52.4 Å². The van der Waals surface area contributed by atoms with Crippen LogP contribution in [0.3, 0.4) is 0 Å². The van der Waals surface area contributed by atoms with Crippen LogP contribution in [0.4, 0.5) is 11.4 Å². The van der Waals surface area contributed by atoms with Gasteiger partial charge in [-0.3, -0.25) is 9.98 Å². The molecule has 0 heterocycles. The zero-order valence-electron chi connectivity index (χ0n) is 27.0. The highest BCUT2D eigenvalue weighted by Crippen LogP contribution is 2.34. The topological polar surface area (TPSA) is 74.4 Å². The first-order valence-corrected chi connectivity index (χ1v) is 15.3. The number of nitrogens with zero attached hydrogens (tertiary/aromatic N) is 2. The Hall–Kier alpha value is -3.60. The molecule has 0 aliphatic rings. The largest absolute Gasteiger partial charge is 0.507 e. The summed E-state index contributed by atoms with van der Waals surface area (Å²) in [6.45, 7) is 17.4. The Morgan fingerprint density at radius 2 is 1.02 bits per heavy atom. The molecule has 0 amide bonds. The van der Waals surface area contributed by atoms with Crippen LogP contribution in [-0.2, 0) is 25.7 Å². The fourth-order valence-electron chi connectivity index (χ4n) is 5.26. The standard InChI is InChI=1S/C37H50N2O3/c1-23(2)12-27-16-29(14-25(5)6)36(40)31(18-27)21-38-34-11-10-33(42-9)20-35(34)39-22-32-19-28(13-24(3)4)17-30(37(32)41)15-26(7)8/h10-11,16-26,40-41H,12-15H2,1-9H3. The minimum absolute atomic E-state index is 0.275. The van der Waals surface area contributed by atoms with E-state index in [1.54, 1.807) is 19.5 Å². The fourth-order valence-corrected chi connectivity index (χ4v) is 5.26. The van der Waals surface area contributed by atoms with Crippen molar-refractivity contribution in [3.05, 3.63) is 75.8 Å². The molecule has 0 saturated heterocycles. The molecule has 0 bridgehead atoms. The van der Waals surface area contributed by atoms with Crippen molar-refractivity contribution in [2.24, 2.45) is 33.7 Å². The van der Waals surface area contributed by atoms with E-state index in [1.165, 1.54) is 11.1 Å². The maximum atomic E-state index is 11.1. The molecule has 3 aromatic rings. The van der Waals surface area contributed by atoms with Gasteiger partial charge in [-0.1, -0.05) is 67.5 Å². The third-order valence-corrected chi connectivity index (χ3v) is 6.97. The zero-order chi connectivity index (χ0) is 31.0. The van der Waals surface area contributed by atoms with E-state index in [9.17, 15) is 10.2 Å². The number of phenols is 2. The SMILES string of the molecule is COc1ccc(N=Cc2cc(CC(C)C)cc(CC(C)C)c2O)c(N=Cc2cc(CC(C)C)cc(CC(C)C)c2O)c1. The molecule has 5 nitrogen and oxygen atoms in total. The summed E-state index contributed by atoms with van der Waals surface area (Å²) < 4.78 is 5.48. The van der Waals surface area contributed by atoms with Crippen LogP contribution in [-0.4, -0.2) is 29.8 Å². The lowest BCUT2D eigenvalue weighted by atomic mass is 9.93. The molecular weight excluding hydrogens is 520 g/mol. The lowest BCUT2D eigenvalue weighted by Crippen LogP contribution is -2.02. The lowest BCUT2D eigenvalue weighted by molar-refractivity contribution is 0.415. The molecule has 42 heavy (non-hydrogen) atoms. The van der Waals surface area contributed by atoms with Gasteiger partial charge >= 0.3 is 0 Å². The molecule has 0 fully saturated rings. The number of rotatable bonds is 13. The number of hydrogen-bond donors (Lipinski definition) is 2. The van der Waals surface area contributed by atoms with Crippen LogP contribution >= 0.6 is 0 Å². The molecule has 0 atom stereocenters. The average molecular weight is 571 g/mol. The van der Waals surface area contributed by atoms with Gasteiger partial charge in [0.15, 0.2) is 0 Å². The Morgan fingerprint density at radius 1 is 0.595 bits per heavy atom. The molecule has 0 aromatic heterocycles. The number of ether oxygens (including phenoxy) is 1. The van der Waals surface area contributed by atoms with E-state index in [2.05, 4.69) is 67.5 Å². The summed E-state index contributed by atoms with van der Waals surface area (Å²) in [5, 5.41) is 22.2. The highest BCUT2D eigenvalue weighted by Gasteiger charge is 2.14. The first-order chi connectivity index (χ1) is 19.9. The van der Waals surface area contributed by atoms with Crippen LogP contribution in [0.2, 0.25) is 0 Å².